The molecule has 1 amide bonds. The van der Waals surface area contributed by atoms with E-state index >= 15 is 0 Å². The maximum atomic E-state index is 12.1. The lowest BCUT2D eigenvalue weighted by Gasteiger charge is -2.25. The van der Waals surface area contributed by atoms with Gasteiger partial charge in [-0.25, -0.2) is 0 Å². The van der Waals surface area contributed by atoms with Crippen molar-refractivity contribution >= 4 is 11.6 Å². The Morgan fingerprint density at radius 3 is 2.65 bits per heavy atom. The first kappa shape index (κ1) is 13.5. The number of fused-ring (bicyclic) bond motifs is 2. The van der Waals surface area contributed by atoms with E-state index in [4.69, 9.17) is 0 Å². The van der Waals surface area contributed by atoms with Gasteiger partial charge in [-0.05, 0) is 55.7 Å². The SMILES string of the molecule is Cc1ccc(C(=O)N(C)C)cc1NC1CC2CCC1C2. The number of anilines is 1. The third-order valence-corrected chi connectivity index (χ3v) is 4.97. The van der Waals surface area contributed by atoms with Crippen molar-refractivity contribution < 1.29 is 4.79 Å². The highest BCUT2D eigenvalue weighted by molar-refractivity contribution is 5.95. The third kappa shape index (κ3) is 2.41. The topological polar surface area (TPSA) is 32.3 Å². The van der Waals surface area contributed by atoms with Crippen molar-refractivity contribution in [3.05, 3.63) is 29.3 Å². The van der Waals surface area contributed by atoms with Crippen LogP contribution in [0.5, 0.6) is 0 Å². The van der Waals surface area contributed by atoms with E-state index in [1.807, 2.05) is 18.2 Å². The van der Waals surface area contributed by atoms with Crippen LogP contribution in [-0.2, 0) is 0 Å². The number of carbonyl (C=O) groups is 1. The molecule has 108 valence electrons. The van der Waals surface area contributed by atoms with E-state index < -0.39 is 0 Å². The first-order chi connectivity index (χ1) is 9.54. The predicted octanol–water partition coefficient (Wildman–Crippen LogP) is 3.30. The minimum Gasteiger partial charge on any atom is -0.382 e. The number of hydrogen-bond donors (Lipinski definition) is 1. The third-order valence-electron chi connectivity index (χ3n) is 4.97. The van der Waals surface area contributed by atoms with Gasteiger partial charge in [0.1, 0.15) is 0 Å². The van der Waals surface area contributed by atoms with Crippen molar-refractivity contribution in [3.8, 4) is 0 Å². The summed E-state index contributed by atoms with van der Waals surface area (Å²) in [4.78, 5) is 13.7. The Morgan fingerprint density at radius 2 is 2.05 bits per heavy atom. The summed E-state index contributed by atoms with van der Waals surface area (Å²) in [6.45, 7) is 2.11. The normalized spacial score (nSPS) is 27.6. The molecule has 1 aromatic rings. The molecule has 3 rings (SSSR count). The van der Waals surface area contributed by atoms with Gasteiger partial charge in [0.2, 0.25) is 0 Å². The van der Waals surface area contributed by atoms with Crippen LogP contribution in [0.4, 0.5) is 5.69 Å². The van der Waals surface area contributed by atoms with Gasteiger partial charge in [0, 0.05) is 31.4 Å². The molecule has 2 saturated carbocycles. The Balaban J connectivity index is 1.78. The Bertz CT molecular complexity index is 524. The van der Waals surface area contributed by atoms with Gasteiger partial charge in [-0.15, -0.1) is 0 Å². The summed E-state index contributed by atoms with van der Waals surface area (Å²) in [5.41, 5.74) is 3.13. The van der Waals surface area contributed by atoms with Gasteiger partial charge >= 0.3 is 0 Å². The van der Waals surface area contributed by atoms with Crippen LogP contribution < -0.4 is 5.32 Å². The van der Waals surface area contributed by atoms with Crippen LogP contribution in [0.3, 0.4) is 0 Å². The van der Waals surface area contributed by atoms with Crippen molar-refractivity contribution in [1.82, 2.24) is 4.90 Å². The van der Waals surface area contributed by atoms with Crippen LogP contribution in [0.1, 0.15) is 41.6 Å². The highest BCUT2D eigenvalue weighted by Gasteiger charge is 2.39. The molecule has 2 fully saturated rings. The zero-order valence-electron chi connectivity index (χ0n) is 12.6. The van der Waals surface area contributed by atoms with Crippen molar-refractivity contribution in [2.45, 2.75) is 38.6 Å². The summed E-state index contributed by atoms with van der Waals surface area (Å²) in [5, 5.41) is 3.70. The van der Waals surface area contributed by atoms with Crippen molar-refractivity contribution in [2.24, 2.45) is 11.8 Å². The molecule has 0 spiro atoms. The first-order valence-corrected chi connectivity index (χ1v) is 7.63. The van der Waals surface area contributed by atoms with Crippen LogP contribution >= 0.6 is 0 Å². The molecular formula is C17H24N2O. The number of amides is 1. The second-order valence-electron chi connectivity index (χ2n) is 6.65. The number of carbonyl (C=O) groups excluding carboxylic acids is 1. The van der Waals surface area contributed by atoms with Crippen molar-refractivity contribution in [1.29, 1.82) is 0 Å². The van der Waals surface area contributed by atoms with Gasteiger partial charge in [-0.2, -0.15) is 0 Å². The fourth-order valence-corrected chi connectivity index (χ4v) is 3.79. The lowest BCUT2D eigenvalue weighted by atomic mass is 9.94. The van der Waals surface area contributed by atoms with Crippen LogP contribution in [0.25, 0.3) is 0 Å². The molecular weight excluding hydrogens is 248 g/mol. The Kier molecular flexibility index (Phi) is 3.45. The van der Waals surface area contributed by atoms with Gasteiger partial charge in [0.25, 0.3) is 5.91 Å². The van der Waals surface area contributed by atoms with Crippen molar-refractivity contribution in [2.75, 3.05) is 19.4 Å². The number of nitrogens with zero attached hydrogens (tertiary/aromatic N) is 1. The Hall–Kier alpha value is -1.51. The van der Waals surface area contributed by atoms with Crippen LogP contribution in [0, 0.1) is 18.8 Å². The molecule has 0 radical (unpaired) electrons. The second kappa shape index (κ2) is 5.12. The predicted molar refractivity (Wildman–Crippen MR) is 82.1 cm³/mol. The molecule has 3 atom stereocenters. The molecule has 0 saturated heterocycles. The fraction of sp³-hybridized carbons (Fsp3) is 0.588. The monoisotopic (exact) mass is 272 g/mol. The van der Waals surface area contributed by atoms with Gasteiger partial charge < -0.3 is 10.2 Å². The van der Waals surface area contributed by atoms with E-state index in [-0.39, 0.29) is 5.91 Å². The summed E-state index contributed by atoms with van der Waals surface area (Å²) in [6, 6.07) is 6.59. The molecule has 0 heterocycles. The zero-order chi connectivity index (χ0) is 14.3. The highest BCUT2D eigenvalue weighted by atomic mass is 16.2. The van der Waals surface area contributed by atoms with E-state index in [0.717, 1.165) is 23.1 Å². The van der Waals surface area contributed by atoms with E-state index in [1.54, 1.807) is 19.0 Å². The Morgan fingerprint density at radius 1 is 1.25 bits per heavy atom. The number of nitrogens with one attached hydrogen (secondary N) is 1. The lowest BCUT2D eigenvalue weighted by Crippen LogP contribution is -2.27. The number of aryl methyl sites for hydroxylation is 1. The largest absolute Gasteiger partial charge is 0.382 e. The second-order valence-corrected chi connectivity index (χ2v) is 6.65. The molecule has 0 aromatic heterocycles. The molecule has 2 bridgehead atoms. The number of benzene rings is 1. The van der Waals surface area contributed by atoms with Gasteiger partial charge in [-0.3, -0.25) is 4.79 Å². The molecule has 1 aromatic carbocycles. The van der Waals surface area contributed by atoms with Gasteiger partial charge in [0.05, 0.1) is 0 Å². The summed E-state index contributed by atoms with van der Waals surface area (Å²) in [7, 11) is 3.59. The Labute approximate surface area is 121 Å². The van der Waals surface area contributed by atoms with Crippen LogP contribution in [-0.4, -0.2) is 30.9 Å². The summed E-state index contributed by atoms with van der Waals surface area (Å²) in [6.07, 6.45) is 5.49. The van der Waals surface area contributed by atoms with Gasteiger partial charge in [-0.1, -0.05) is 12.5 Å². The van der Waals surface area contributed by atoms with E-state index in [0.29, 0.717) is 6.04 Å². The van der Waals surface area contributed by atoms with E-state index in [9.17, 15) is 4.79 Å². The molecule has 0 aliphatic heterocycles. The zero-order valence-corrected chi connectivity index (χ0v) is 12.6. The summed E-state index contributed by atoms with van der Waals surface area (Å²) in [5.74, 6) is 1.85. The lowest BCUT2D eigenvalue weighted by molar-refractivity contribution is 0.0827. The maximum Gasteiger partial charge on any atom is 0.253 e. The van der Waals surface area contributed by atoms with E-state index in [2.05, 4.69) is 12.2 Å². The van der Waals surface area contributed by atoms with E-state index in [1.165, 1.54) is 31.2 Å². The average Bonchev–Trinajstić information content (AvgIpc) is 3.02. The first-order valence-electron chi connectivity index (χ1n) is 7.63. The van der Waals surface area contributed by atoms with Crippen LogP contribution in [0.15, 0.2) is 18.2 Å². The molecule has 1 N–H and O–H groups in total. The van der Waals surface area contributed by atoms with Crippen molar-refractivity contribution in [3.63, 3.8) is 0 Å². The molecule has 20 heavy (non-hydrogen) atoms. The number of hydrogen-bond acceptors (Lipinski definition) is 2. The fourth-order valence-electron chi connectivity index (χ4n) is 3.79. The van der Waals surface area contributed by atoms with Crippen LogP contribution in [0.2, 0.25) is 0 Å². The number of rotatable bonds is 3. The molecule has 2 aliphatic carbocycles. The molecule has 3 nitrogen and oxygen atoms in total. The van der Waals surface area contributed by atoms with Gasteiger partial charge in [0.15, 0.2) is 0 Å². The smallest absolute Gasteiger partial charge is 0.253 e. The summed E-state index contributed by atoms with van der Waals surface area (Å²) >= 11 is 0. The quantitative estimate of drug-likeness (QED) is 0.915. The average molecular weight is 272 g/mol. The molecule has 3 unspecified atom stereocenters. The highest BCUT2D eigenvalue weighted by Crippen LogP contribution is 2.45. The molecule has 2 aliphatic rings. The molecule has 3 heteroatoms. The maximum absolute atomic E-state index is 12.1. The summed E-state index contributed by atoms with van der Waals surface area (Å²) < 4.78 is 0. The minimum atomic E-state index is 0.0704. The standard InChI is InChI=1S/C17H24N2O/c1-11-4-6-14(17(20)19(2)3)10-15(11)18-16-9-12-5-7-13(16)8-12/h4,6,10,12-13,16,18H,5,7-9H2,1-3H3. The minimum absolute atomic E-state index is 0.0704.